The molecule has 2 aromatic carbocycles. The van der Waals surface area contributed by atoms with E-state index in [-0.39, 0.29) is 5.84 Å². The first kappa shape index (κ1) is 16.1. The van der Waals surface area contributed by atoms with Gasteiger partial charge in [-0.15, -0.1) is 0 Å². The molecule has 7 heteroatoms. The van der Waals surface area contributed by atoms with Crippen LogP contribution < -0.4 is 15.8 Å². The van der Waals surface area contributed by atoms with Crippen LogP contribution in [0.15, 0.2) is 42.5 Å². The molecule has 0 saturated heterocycles. The third kappa shape index (κ3) is 3.11. The number of nitrogens with zero attached hydrogens (tertiary/aromatic N) is 2. The standard InChI is InChI=1S/C19H19N5O2/c20-19(21)12-1-3-13(4-2-12)22-10-18-23-16-9-15(26-11-25)7-8-17(16)24(18)14-5-6-14/h1-4,7-9,11,14,22H,5-6,10H2,(H3,20,21). The van der Waals surface area contributed by atoms with E-state index in [1.54, 1.807) is 12.1 Å². The second-order valence-corrected chi connectivity index (χ2v) is 6.34. The zero-order chi connectivity index (χ0) is 18.1. The Bertz CT molecular complexity index is 974. The van der Waals surface area contributed by atoms with Gasteiger partial charge in [-0.1, -0.05) is 0 Å². The molecule has 132 valence electrons. The number of hydrogen-bond acceptors (Lipinski definition) is 5. The molecular formula is C19H19N5O2. The number of carbonyl (C=O) groups is 1. The van der Waals surface area contributed by atoms with Crippen LogP contribution in [0.1, 0.15) is 30.3 Å². The topological polar surface area (TPSA) is 106 Å². The molecule has 7 nitrogen and oxygen atoms in total. The number of amidine groups is 1. The van der Waals surface area contributed by atoms with Crippen molar-refractivity contribution in [3.05, 3.63) is 53.9 Å². The molecule has 0 radical (unpaired) electrons. The van der Waals surface area contributed by atoms with Crippen LogP contribution >= 0.6 is 0 Å². The maximum absolute atomic E-state index is 10.5. The Kier molecular flexibility index (Phi) is 4.04. The Morgan fingerprint density at radius 1 is 1.31 bits per heavy atom. The van der Waals surface area contributed by atoms with Crippen molar-refractivity contribution in [2.24, 2.45) is 5.73 Å². The Hall–Kier alpha value is -3.35. The molecule has 4 N–H and O–H groups in total. The largest absolute Gasteiger partial charge is 0.429 e. The second kappa shape index (κ2) is 6.51. The third-order valence-electron chi connectivity index (χ3n) is 4.48. The fourth-order valence-corrected chi connectivity index (χ4v) is 3.07. The van der Waals surface area contributed by atoms with Gasteiger partial charge in [-0.25, -0.2) is 4.98 Å². The summed E-state index contributed by atoms with van der Waals surface area (Å²) in [5.41, 5.74) is 8.99. The monoisotopic (exact) mass is 349 g/mol. The number of nitrogens with two attached hydrogens (primary N) is 1. The summed E-state index contributed by atoms with van der Waals surface area (Å²) in [6, 6.07) is 13.4. The van der Waals surface area contributed by atoms with Crippen molar-refractivity contribution in [2.45, 2.75) is 25.4 Å². The number of carbonyl (C=O) groups excluding carboxylic acids is 1. The van der Waals surface area contributed by atoms with Crippen molar-refractivity contribution in [3.8, 4) is 5.75 Å². The minimum atomic E-state index is 0.0559. The first-order valence-electron chi connectivity index (χ1n) is 8.45. The van der Waals surface area contributed by atoms with Gasteiger partial charge < -0.3 is 20.4 Å². The van der Waals surface area contributed by atoms with Crippen molar-refractivity contribution < 1.29 is 9.53 Å². The Morgan fingerprint density at radius 3 is 2.73 bits per heavy atom. The van der Waals surface area contributed by atoms with Crippen LogP contribution in [-0.4, -0.2) is 21.9 Å². The van der Waals surface area contributed by atoms with Crippen LogP contribution in [0.3, 0.4) is 0 Å². The van der Waals surface area contributed by atoms with Gasteiger partial charge in [0.15, 0.2) is 0 Å². The number of imidazole rings is 1. The molecule has 0 spiro atoms. The van der Waals surface area contributed by atoms with E-state index in [1.165, 1.54) is 0 Å². The van der Waals surface area contributed by atoms with Crippen LogP contribution in [0.2, 0.25) is 0 Å². The molecule has 26 heavy (non-hydrogen) atoms. The van der Waals surface area contributed by atoms with E-state index in [0.29, 0.717) is 30.4 Å². The molecule has 1 aromatic heterocycles. The number of anilines is 1. The SMILES string of the molecule is N=C(N)c1ccc(NCc2nc3cc(OC=O)ccc3n2C2CC2)cc1. The van der Waals surface area contributed by atoms with Gasteiger partial charge in [0.1, 0.15) is 17.4 Å². The first-order valence-corrected chi connectivity index (χ1v) is 8.45. The molecule has 1 saturated carbocycles. The van der Waals surface area contributed by atoms with Crippen LogP contribution in [0.25, 0.3) is 11.0 Å². The van der Waals surface area contributed by atoms with E-state index >= 15 is 0 Å². The smallest absolute Gasteiger partial charge is 0.298 e. The van der Waals surface area contributed by atoms with Gasteiger partial charge in [-0.2, -0.15) is 0 Å². The fourth-order valence-electron chi connectivity index (χ4n) is 3.07. The van der Waals surface area contributed by atoms with Crippen LogP contribution in [0.5, 0.6) is 5.75 Å². The molecular weight excluding hydrogens is 330 g/mol. The van der Waals surface area contributed by atoms with Crippen LogP contribution in [-0.2, 0) is 11.3 Å². The van der Waals surface area contributed by atoms with Crippen LogP contribution in [0.4, 0.5) is 5.69 Å². The minimum Gasteiger partial charge on any atom is -0.429 e. The quantitative estimate of drug-likeness (QED) is 0.345. The van der Waals surface area contributed by atoms with Gasteiger partial charge in [-0.3, -0.25) is 10.2 Å². The Morgan fingerprint density at radius 2 is 2.08 bits per heavy atom. The molecule has 1 aliphatic carbocycles. The molecule has 1 heterocycles. The number of ether oxygens (including phenoxy) is 1. The van der Waals surface area contributed by atoms with E-state index in [2.05, 4.69) is 9.88 Å². The molecule has 4 rings (SSSR count). The fraction of sp³-hybridized carbons (Fsp3) is 0.211. The summed E-state index contributed by atoms with van der Waals surface area (Å²) >= 11 is 0. The average Bonchev–Trinajstić information content (AvgIpc) is 3.41. The number of nitrogens with one attached hydrogen (secondary N) is 2. The van der Waals surface area contributed by atoms with Crippen molar-refractivity contribution in [1.82, 2.24) is 9.55 Å². The number of aromatic nitrogens is 2. The molecule has 0 atom stereocenters. The van der Waals surface area contributed by atoms with Crippen molar-refractivity contribution in [1.29, 1.82) is 5.41 Å². The molecule has 0 bridgehead atoms. The van der Waals surface area contributed by atoms with Gasteiger partial charge in [0, 0.05) is 23.4 Å². The van der Waals surface area contributed by atoms with E-state index in [0.717, 1.165) is 35.4 Å². The molecule has 0 unspecified atom stereocenters. The van der Waals surface area contributed by atoms with Gasteiger partial charge in [-0.05, 0) is 49.2 Å². The summed E-state index contributed by atoms with van der Waals surface area (Å²) in [5, 5.41) is 10.8. The molecule has 0 amide bonds. The lowest BCUT2D eigenvalue weighted by molar-refractivity contribution is -0.120. The highest BCUT2D eigenvalue weighted by molar-refractivity contribution is 5.95. The van der Waals surface area contributed by atoms with Gasteiger partial charge >= 0.3 is 0 Å². The summed E-state index contributed by atoms with van der Waals surface area (Å²) < 4.78 is 7.19. The first-order chi connectivity index (χ1) is 12.7. The van der Waals surface area contributed by atoms with Gasteiger partial charge in [0.2, 0.25) is 0 Å². The van der Waals surface area contributed by atoms with Crippen LogP contribution in [0, 0.1) is 5.41 Å². The molecule has 1 aliphatic rings. The second-order valence-electron chi connectivity index (χ2n) is 6.34. The number of fused-ring (bicyclic) bond motifs is 1. The van der Waals surface area contributed by atoms with Crippen molar-refractivity contribution in [2.75, 3.05) is 5.32 Å². The Labute approximate surface area is 150 Å². The van der Waals surface area contributed by atoms with Gasteiger partial charge in [0.05, 0.1) is 17.6 Å². The predicted octanol–water partition coefficient (Wildman–Crippen LogP) is 2.80. The zero-order valence-corrected chi connectivity index (χ0v) is 14.1. The third-order valence-corrected chi connectivity index (χ3v) is 4.48. The molecule has 1 fully saturated rings. The Balaban J connectivity index is 1.59. The molecule has 0 aliphatic heterocycles. The van der Waals surface area contributed by atoms with E-state index < -0.39 is 0 Å². The molecule has 3 aromatic rings. The maximum Gasteiger partial charge on any atom is 0.298 e. The minimum absolute atomic E-state index is 0.0559. The lowest BCUT2D eigenvalue weighted by atomic mass is 10.2. The number of rotatable bonds is 7. The maximum atomic E-state index is 10.5. The summed E-state index contributed by atoms with van der Waals surface area (Å²) in [7, 11) is 0. The number of hydrogen-bond donors (Lipinski definition) is 3. The van der Waals surface area contributed by atoms with Crippen molar-refractivity contribution >= 4 is 29.0 Å². The number of nitrogen functional groups attached to an aromatic ring is 1. The lowest BCUT2D eigenvalue weighted by Gasteiger charge is -2.10. The average molecular weight is 349 g/mol. The highest BCUT2D eigenvalue weighted by Gasteiger charge is 2.28. The van der Waals surface area contributed by atoms with E-state index in [4.69, 9.17) is 20.9 Å². The predicted molar refractivity (Wildman–Crippen MR) is 99.5 cm³/mol. The number of benzene rings is 2. The van der Waals surface area contributed by atoms with E-state index in [1.807, 2.05) is 30.3 Å². The van der Waals surface area contributed by atoms with Gasteiger partial charge in [0.25, 0.3) is 6.47 Å². The summed E-state index contributed by atoms with van der Waals surface area (Å²) in [6.07, 6.45) is 2.30. The highest BCUT2D eigenvalue weighted by atomic mass is 16.5. The highest BCUT2D eigenvalue weighted by Crippen LogP contribution is 2.39. The lowest BCUT2D eigenvalue weighted by Crippen LogP contribution is -2.11. The summed E-state index contributed by atoms with van der Waals surface area (Å²) in [5.74, 6) is 1.49. The summed E-state index contributed by atoms with van der Waals surface area (Å²) in [6.45, 7) is 1.00. The normalized spacial score (nSPS) is 13.5. The van der Waals surface area contributed by atoms with Crippen molar-refractivity contribution in [3.63, 3.8) is 0 Å². The van der Waals surface area contributed by atoms with E-state index in [9.17, 15) is 4.79 Å². The summed E-state index contributed by atoms with van der Waals surface area (Å²) in [4.78, 5) is 15.3. The zero-order valence-electron chi connectivity index (χ0n) is 14.1.